The zero-order valence-electron chi connectivity index (χ0n) is 16.2. The summed E-state index contributed by atoms with van der Waals surface area (Å²) >= 11 is 0. The van der Waals surface area contributed by atoms with Crippen molar-refractivity contribution in [2.75, 3.05) is 26.2 Å². The lowest BCUT2D eigenvalue weighted by Gasteiger charge is -2.20. The Hall–Kier alpha value is -3.16. The molecule has 1 fully saturated rings. The van der Waals surface area contributed by atoms with Crippen molar-refractivity contribution in [1.29, 1.82) is 0 Å². The van der Waals surface area contributed by atoms with Gasteiger partial charge in [0.2, 0.25) is 5.91 Å². The number of fused-ring (bicyclic) bond motifs is 1. The van der Waals surface area contributed by atoms with Gasteiger partial charge in [-0.3, -0.25) is 14.7 Å². The van der Waals surface area contributed by atoms with Crippen LogP contribution in [0.1, 0.15) is 35.4 Å². The van der Waals surface area contributed by atoms with Crippen molar-refractivity contribution in [3.63, 3.8) is 0 Å². The molecule has 0 aliphatic carbocycles. The van der Waals surface area contributed by atoms with Crippen molar-refractivity contribution >= 4 is 22.8 Å². The highest BCUT2D eigenvalue weighted by Gasteiger charge is 2.23. The van der Waals surface area contributed by atoms with E-state index < -0.39 is 0 Å². The van der Waals surface area contributed by atoms with Crippen LogP contribution in [0.3, 0.4) is 0 Å². The third kappa shape index (κ3) is 3.49. The van der Waals surface area contributed by atoms with Crippen LogP contribution >= 0.6 is 0 Å². The SMILES string of the molecule is CC(=O)N1CCCN(C(=O)c2cc(Cn3c(C)nc4ccccc43)[nH]n2)CC1. The topological polar surface area (TPSA) is 87.1 Å². The summed E-state index contributed by atoms with van der Waals surface area (Å²) in [5.74, 6) is 0.875. The molecular weight excluding hydrogens is 356 g/mol. The minimum Gasteiger partial charge on any atom is -0.341 e. The zero-order valence-corrected chi connectivity index (χ0v) is 16.2. The predicted molar refractivity (Wildman–Crippen MR) is 105 cm³/mol. The number of carbonyl (C=O) groups excluding carboxylic acids is 2. The summed E-state index contributed by atoms with van der Waals surface area (Å²) in [6, 6.07) is 9.80. The zero-order chi connectivity index (χ0) is 19.7. The molecule has 1 aliphatic rings. The number of rotatable bonds is 3. The van der Waals surface area contributed by atoms with Gasteiger partial charge in [0.25, 0.3) is 5.91 Å². The first kappa shape index (κ1) is 18.2. The Balaban J connectivity index is 1.49. The van der Waals surface area contributed by atoms with Crippen LogP contribution < -0.4 is 0 Å². The Morgan fingerprint density at radius 1 is 1.11 bits per heavy atom. The van der Waals surface area contributed by atoms with E-state index in [1.165, 1.54) is 0 Å². The Morgan fingerprint density at radius 3 is 2.68 bits per heavy atom. The molecular formula is C20H24N6O2. The van der Waals surface area contributed by atoms with Gasteiger partial charge in [0.05, 0.1) is 23.3 Å². The van der Waals surface area contributed by atoms with Gasteiger partial charge in [-0.1, -0.05) is 12.1 Å². The van der Waals surface area contributed by atoms with Gasteiger partial charge in [0, 0.05) is 33.1 Å². The molecule has 2 aromatic heterocycles. The number of aromatic nitrogens is 4. The van der Waals surface area contributed by atoms with Crippen molar-refractivity contribution in [3.8, 4) is 0 Å². The number of nitrogens with one attached hydrogen (secondary N) is 1. The predicted octanol–water partition coefficient (Wildman–Crippen LogP) is 1.81. The molecule has 0 spiro atoms. The van der Waals surface area contributed by atoms with Gasteiger partial charge in [0.1, 0.15) is 11.5 Å². The number of hydrogen-bond donors (Lipinski definition) is 1. The number of carbonyl (C=O) groups is 2. The van der Waals surface area contributed by atoms with E-state index in [0.717, 1.165) is 29.0 Å². The molecule has 0 saturated carbocycles. The van der Waals surface area contributed by atoms with Crippen LogP contribution in [-0.4, -0.2) is 67.5 Å². The van der Waals surface area contributed by atoms with Crippen molar-refractivity contribution in [2.24, 2.45) is 0 Å². The fraction of sp³-hybridized carbons (Fsp3) is 0.400. The molecule has 3 aromatic rings. The van der Waals surface area contributed by atoms with Crippen molar-refractivity contribution in [2.45, 2.75) is 26.8 Å². The molecule has 3 heterocycles. The number of aryl methyl sites for hydroxylation is 1. The van der Waals surface area contributed by atoms with E-state index >= 15 is 0 Å². The average Bonchev–Trinajstić information content (AvgIpc) is 3.17. The number of nitrogens with zero attached hydrogens (tertiary/aromatic N) is 5. The lowest BCUT2D eigenvalue weighted by atomic mass is 10.3. The van der Waals surface area contributed by atoms with Crippen LogP contribution in [0.15, 0.2) is 30.3 Å². The summed E-state index contributed by atoms with van der Waals surface area (Å²) in [6.45, 7) is 6.54. The Morgan fingerprint density at radius 2 is 1.86 bits per heavy atom. The molecule has 1 aliphatic heterocycles. The number of amides is 2. The molecule has 8 nitrogen and oxygen atoms in total. The van der Waals surface area contributed by atoms with Crippen LogP contribution in [-0.2, 0) is 11.3 Å². The number of para-hydroxylation sites is 2. The van der Waals surface area contributed by atoms with E-state index in [-0.39, 0.29) is 11.8 Å². The number of imidazole rings is 1. The quantitative estimate of drug-likeness (QED) is 0.751. The molecule has 0 atom stereocenters. The first-order valence-corrected chi connectivity index (χ1v) is 9.54. The van der Waals surface area contributed by atoms with Gasteiger partial charge in [-0.05, 0) is 31.5 Å². The third-order valence-electron chi connectivity index (χ3n) is 5.25. The first-order chi connectivity index (χ1) is 13.5. The number of H-pyrrole nitrogens is 1. The highest BCUT2D eigenvalue weighted by atomic mass is 16.2. The van der Waals surface area contributed by atoms with Gasteiger partial charge >= 0.3 is 0 Å². The number of aromatic amines is 1. The molecule has 1 saturated heterocycles. The molecule has 8 heteroatoms. The van der Waals surface area contributed by atoms with Gasteiger partial charge in [-0.2, -0.15) is 5.10 Å². The van der Waals surface area contributed by atoms with Crippen molar-refractivity contribution in [3.05, 3.63) is 47.5 Å². The van der Waals surface area contributed by atoms with Crippen LogP contribution in [0, 0.1) is 6.92 Å². The van der Waals surface area contributed by atoms with E-state index in [2.05, 4.69) is 19.7 Å². The Kier molecular flexibility index (Phi) is 4.85. The monoisotopic (exact) mass is 380 g/mol. The maximum Gasteiger partial charge on any atom is 0.274 e. The molecule has 0 unspecified atom stereocenters. The maximum atomic E-state index is 12.8. The van der Waals surface area contributed by atoms with Gasteiger partial charge in [0.15, 0.2) is 0 Å². The Bertz CT molecular complexity index is 1020. The summed E-state index contributed by atoms with van der Waals surface area (Å²) in [4.78, 5) is 32.6. The molecule has 1 N–H and O–H groups in total. The van der Waals surface area contributed by atoms with E-state index in [1.54, 1.807) is 16.7 Å². The molecule has 146 valence electrons. The van der Waals surface area contributed by atoms with Crippen LogP contribution in [0.25, 0.3) is 11.0 Å². The highest BCUT2D eigenvalue weighted by molar-refractivity contribution is 5.92. The molecule has 2 amide bonds. The van der Waals surface area contributed by atoms with Crippen LogP contribution in [0.5, 0.6) is 0 Å². The first-order valence-electron chi connectivity index (χ1n) is 9.54. The minimum atomic E-state index is -0.0971. The van der Waals surface area contributed by atoms with E-state index in [4.69, 9.17) is 0 Å². The lowest BCUT2D eigenvalue weighted by Crippen LogP contribution is -2.36. The van der Waals surface area contributed by atoms with Crippen LogP contribution in [0.2, 0.25) is 0 Å². The second-order valence-corrected chi connectivity index (χ2v) is 7.16. The molecule has 0 radical (unpaired) electrons. The third-order valence-corrected chi connectivity index (χ3v) is 5.25. The fourth-order valence-corrected chi connectivity index (χ4v) is 3.72. The molecule has 1 aromatic carbocycles. The van der Waals surface area contributed by atoms with Crippen molar-refractivity contribution < 1.29 is 9.59 Å². The smallest absolute Gasteiger partial charge is 0.274 e. The normalized spacial score (nSPS) is 15.1. The fourth-order valence-electron chi connectivity index (χ4n) is 3.72. The van der Waals surface area contributed by atoms with Crippen molar-refractivity contribution in [1.82, 2.24) is 29.5 Å². The average molecular weight is 380 g/mol. The van der Waals surface area contributed by atoms with Gasteiger partial charge in [-0.15, -0.1) is 0 Å². The van der Waals surface area contributed by atoms with Gasteiger partial charge in [-0.25, -0.2) is 4.98 Å². The largest absolute Gasteiger partial charge is 0.341 e. The summed E-state index contributed by atoms with van der Waals surface area (Å²) in [6.07, 6.45) is 0.781. The van der Waals surface area contributed by atoms with E-state index in [9.17, 15) is 9.59 Å². The molecule has 28 heavy (non-hydrogen) atoms. The van der Waals surface area contributed by atoms with Gasteiger partial charge < -0.3 is 14.4 Å². The summed E-state index contributed by atoms with van der Waals surface area (Å²) in [7, 11) is 0. The second kappa shape index (κ2) is 7.46. The summed E-state index contributed by atoms with van der Waals surface area (Å²) < 4.78 is 2.10. The summed E-state index contributed by atoms with van der Waals surface area (Å²) in [5.41, 5.74) is 3.28. The van der Waals surface area contributed by atoms with E-state index in [0.29, 0.717) is 38.4 Å². The molecule has 0 bridgehead atoms. The van der Waals surface area contributed by atoms with Crippen LogP contribution in [0.4, 0.5) is 0 Å². The minimum absolute atomic E-state index is 0.0549. The number of benzene rings is 1. The summed E-state index contributed by atoms with van der Waals surface area (Å²) in [5, 5.41) is 7.22. The molecule has 4 rings (SSSR count). The maximum absolute atomic E-state index is 12.8. The highest BCUT2D eigenvalue weighted by Crippen LogP contribution is 2.17. The number of hydrogen-bond acceptors (Lipinski definition) is 4. The van der Waals surface area contributed by atoms with E-state index in [1.807, 2.05) is 37.3 Å². The Labute approximate surface area is 163 Å². The second-order valence-electron chi connectivity index (χ2n) is 7.16. The lowest BCUT2D eigenvalue weighted by molar-refractivity contribution is -0.128. The standard InChI is InChI=1S/C20H24N6O2/c1-14-21-17-6-3-4-7-19(17)26(14)13-16-12-18(23-22-16)20(28)25-9-5-8-24(10-11-25)15(2)27/h3-4,6-7,12H,5,8-11,13H2,1-2H3,(H,22,23).